The van der Waals surface area contributed by atoms with Gasteiger partial charge in [-0.3, -0.25) is 5.14 Å². The van der Waals surface area contributed by atoms with E-state index in [1.807, 2.05) is 32.9 Å². The zero-order chi connectivity index (χ0) is 10.7. The summed E-state index contributed by atoms with van der Waals surface area (Å²) in [5.41, 5.74) is 6.32. The Kier molecular flexibility index (Phi) is 12.9. The summed E-state index contributed by atoms with van der Waals surface area (Å²) in [6.45, 7) is 9.64. The molecule has 0 saturated carbocycles. The molecule has 0 aromatic carbocycles. The lowest BCUT2D eigenvalue weighted by Gasteiger charge is -1.98. The van der Waals surface area contributed by atoms with Crippen LogP contribution in [0.25, 0.3) is 0 Å². The van der Waals surface area contributed by atoms with Crippen LogP contribution in [-0.2, 0) is 0 Å². The van der Waals surface area contributed by atoms with E-state index < -0.39 is 0 Å². The van der Waals surface area contributed by atoms with Gasteiger partial charge in [0.2, 0.25) is 0 Å². The average molecular weight is 200 g/mol. The number of hydrogen-bond acceptors (Lipinski definition) is 3. The van der Waals surface area contributed by atoms with Crippen molar-refractivity contribution in [1.29, 1.82) is 0 Å². The van der Waals surface area contributed by atoms with Gasteiger partial charge in [-0.1, -0.05) is 39.5 Å². The van der Waals surface area contributed by atoms with Crippen LogP contribution in [0.1, 0.15) is 27.2 Å². The van der Waals surface area contributed by atoms with Crippen molar-refractivity contribution in [3.63, 3.8) is 0 Å². The molecule has 3 heteroatoms. The second-order valence-electron chi connectivity index (χ2n) is 1.95. The van der Waals surface area contributed by atoms with E-state index >= 15 is 0 Å². The van der Waals surface area contributed by atoms with Crippen molar-refractivity contribution >= 4 is 11.9 Å². The van der Waals surface area contributed by atoms with Gasteiger partial charge in [0.1, 0.15) is 0 Å². The predicted octanol–water partition coefficient (Wildman–Crippen LogP) is 2.94. The molecule has 0 aliphatic rings. The van der Waals surface area contributed by atoms with Crippen molar-refractivity contribution in [2.24, 2.45) is 10.9 Å². The summed E-state index contributed by atoms with van der Waals surface area (Å²) in [6, 6.07) is 0. The first-order valence-corrected chi connectivity index (χ1v) is 5.29. The van der Waals surface area contributed by atoms with E-state index in [1.54, 1.807) is 6.08 Å². The summed E-state index contributed by atoms with van der Waals surface area (Å²) in [6.07, 6.45) is 6.45. The second kappa shape index (κ2) is 11.3. The third-order valence-corrected chi connectivity index (χ3v) is 1.79. The molecule has 0 amide bonds. The molecule has 13 heavy (non-hydrogen) atoms. The maximum Gasteiger partial charge on any atom is 0.0462 e. The number of allylic oxidation sites excluding steroid dienone is 3. The summed E-state index contributed by atoms with van der Waals surface area (Å²) in [5.74, 6) is 0. The van der Waals surface area contributed by atoms with Gasteiger partial charge in [-0.25, -0.2) is 0 Å². The molecule has 0 rings (SSSR count). The van der Waals surface area contributed by atoms with Crippen LogP contribution in [0.5, 0.6) is 0 Å². The summed E-state index contributed by atoms with van der Waals surface area (Å²) in [5, 5.41) is 5.33. The first kappa shape index (κ1) is 14.8. The molecule has 0 aromatic heterocycles. The molecule has 0 radical (unpaired) electrons. The summed E-state index contributed by atoms with van der Waals surface area (Å²) < 4.78 is 0. The van der Waals surface area contributed by atoms with Gasteiger partial charge in [0.25, 0.3) is 0 Å². The molecule has 0 aliphatic heterocycles. The minimum Gasteiger partial charge on any atom is -0.398 e. The molecule has 0 aliphatic carbocycles. The smallest absolute Gasteiger partial charge is 0.0462 e. The van der Waals surface area contributed by atoms with Crippen LogP contribution in [0, 0.1) is 0 Å². The Bertz CT molecular complexity index is 183. The van der Waals surface area contributed by atoms with Crippen molar-refractivity contribution < 1.29 is 0 Å². The van der Waals surface area contributed by atoms with Crippen LogP contribution >= 0.6 is 11.9 Å². The first-order valence-electron chi connectivity index (χ1n) is 4.41. The number of rotatable bonds is 4. The van der Waals surface area contributed by atoms with E-state index in [1.165, 1.54) is 0 Å². The summed E-state index contributed by atoms with van der Waals surface area (Å²) >= 11 is 1.11. The molecule has 0 unspecified atom stereocenters. The molecule has 0 fully saturated rings. The highest BCUT2D eigenvalue weighted by Gasteiger charge is 1.92. The number of nitrogens with two attached hydrogens (primary N) is 2. The molecule has 2 nitrogen and oxygen atoms in total. The number of hydrogen-bond donors (Lipinski definition) is 2. The largest absolute Gasteiger partial charge is 0.398 e. The fourth-order valence-electron chi connectivity index (χ4n) is 0.561. The van der Waals surface area contributed by atoms with Crippen LogP contribution in [0.2, 0.25) is 0 Å². The van der Waals surface area contributed by atoms with Gasteiger partial charge in [-0.2, -0.15) is 0 Å². The molecule has 0 heterocycles. The van der Waals surface area contributed by atoms with Crippen LogP contribution < -0.4 is 10.9 Å². The zero-order valence-corrected chi connectivity index (χ0v) is 9.53. The maximum atomic E-state index is 5.65. The van der Waals surface area contributed by atoms with E-state index in [2.05, 4.69) is 6.58 Å². The van der Waals surface area contributed by atoms with Crippen LogP contribution in [-0.4, -0.2) is 0 Å². The minimum atomic E-state index is 0.675. The lowest BCUT2D eigenvalue weighted by atomic mass is 10.3. The lowest BCUT2D eigenvalue weighted by Crippen LogP contribution is -1.97. The van der Waals surface area contributed by atoms with E-state index in [4.69, 9.17) is 10.9 Å². The topological polar surface area (TPSA) is 52.0 Å². The molecule has 0 aromatic rings. The monoisotopic (exact) mass is 200 g/mol. The fourth-order valence-corrected chi connectivity index (χ4v) is 0.861. The standard InChI is InChI=1S/C8H14N2S.C2H6/c1-3-5-6-7(9)8(4-2)11-10;1-2/h4-6H,2-3,9-10H2,1H3;1-2H3/b6-5-,8-7-;. The zero-order valence-electron chi connectivity index (χ0n) is 8.71. The van der Waals surface area contributed by atoms with E-state index in [0.717, 1.165) is 23.3 Å². The Balaban J connectivity index is 0. The Morgan fingerprint density at radius 1 is 1.46 bits per heavy atom. The maximum absolute atomic E-state index is 5.65. The van der Waals surface area contributed by atoms with Gasteiger partial charge >= 0.3 is 0 Å². The SMILES string of the molecule is C=C/C(SN)=C(N)\C=C/CC.CC. The first-order chi connectivity index (χ1) is 6.26. The molecule has 4 N–H and O–H groups in total. The highest BCUT2D eigenvalue weighted by Crippen LogP contribution is 2.12. The van der Waals surface area contributed by atoms with E-state index in [9.17, 15) is 0 Å². The van der Waals surface area contributed by atoms with Gasteiger partial charge in [0, 0.05) is 10.6 Å². The molecule has 0 bridgehead atoms. The Morgan fingerprint density at radius 3 is 2.31 bits per heavy atom. The Labute approximate surface area is 85.9 Å². The van der Waals surface area contributed by atoms with Gasteiger partial charge in [-0.15, -0.1) is 0 Å². The fraction of sp³-hybridized carbons (Fsp3) is 0.400. The Hall–Kier alpha value is -0.670. The molecule has 76 valence electrons. The van der Waals surface area contributed by atoms with Gasteiger partial charge in [-0.05, 0) is 24.4 Å². The van der Waals surface area contributed by atoms with E-state index in [0.29, 0.717) is 5.70 Å². The van der Waals surface area contributed by atoms with Gasteiger partial charge < -0.3 is 5.73 Å². The summed E-state index contributed by atoms with van der Waals surface area (Å²) in [7, 11) is 0. The second-order valence-corrected chi connectivity index (χ2v) is 2.63. The van der Waals surface area contributed by atoms with Gasteiger partial charge in [0.15, 0.2) is 0 Å². The highest BCUT2D eigenvalue weighted by atomic mass is 32.2. The molecule has 0 spiro atoms. The molecular formula is C10H20N2S. The summed E-state index contributed by atoms with van der Waals surface area (Å²) in [4.78, 5) is 0.815. The van der Waals surface area contributed by atoms with Crippen LogP contribution in [0.15, 0.2) is 35.4 Å². The average Bonchev–Trinajstić information content (AvgIpc) is 2.19. The third-order valence-electron chi connectivity index (χ3n) is 1.13. The highest BCUT2D eigenvalue weighted by molar-refractivity contribution is 8.01. The third kappa shape index (κ3) is 7.68. The normalized spacial score (nSPS) is 11.7. The van der Waals surface area contributed by atoms with Crippen molar-refractivity contribution in [3.8, 4) is 0 Å². The predicted molar refractivity (Wildman–Crippen MR) is 64.0 cm³/mol. The van der Waals surface area contributed by atoms with E-state index in [-0.39, 0.29) is 0 Å². The van der Waals surface area contributed by atoms with Crippen LogP contribution in [0.3, 0.4) is 0 Å². The Morgan fingerprint density at radius 2 is 2.00 bits per heavy atom. The van der Waals surface area contributed by atoms with Crippen molar-refractivity contribution in [1.82, 2.24) is 0 Å². The van der Waals surface area contributed by atoms with Crippen LogP contribution in [0.4, 0.5) is 0 Å². The van der Waals surface area contributed by atoms with Gasteiger partial charge in [0.05, 0.1) is 0 Å². The molecule has 0 atom stereocenters. The van der Waals surface area contributed by atoms with Crippen molar-refractivity contribution in [2.75, 3.05) is 0 Å². The van der Waals surface area contributed by atoms with Crippen molar-refractivity contribution in [3.05, 3.63) is 35.4 Å². The molecule has 0 saturated heterocycles. The quantitative estimate of drug-likeness (QED) is 0.542. The molecular weight excluding hydrogens is 180 g/mol. The minimum absolute atomic E-state index is 0.675. The van der Waals surface area contributed by atoms with Crippen molar-refractivity contribution in [2.45, 2.75) is 27.2 Å². The lowest BCUT2D eigenvalue weighted by molar-refractivity contribution is 1.21.